The Morgan fingerprint density at radius 3 is 2.14 bits per heavy atom. The Morgan fingerprint density at radius 2 is 1.61 bits per heavy atom. The summed E-state index contributed by atoms with van der Waals surface area (Å²) in [5.74, 6) is 2.70. The molecule has 0 unspecified atom stereocenters. The number of benzene rings is 1. The van der Waals surface area contributed by atoms with Crippen LogP contribution in [0.3, 0.4) is 0 Å². The molecule has 0 aliphatic carbocycles. The molecule has 1 heterocycles. The Morgan fingerprint density at radius 1 is 0.964 bits per heavy atom. The van der Waals surface area contributed by atoms with Crippen LogP contribution < -0.4 is 24.8 Å². The molecule has 1 aromatic carbocycles. The van der Waals surface area contributed by atoms with Crippen LogP contribution in [0.2, 0.25) is 0 Å². The molecule has 1 aliphatic rings. The largest absolute Gasteiger partial charge is 0.493 e. The zero-order valence-electron chi connectivity index (χ0n) is 17.8. The molecule has 158 valence electrons. The maximum Gasteiger partial charge on any atom is 0.203 e. The molecule has 7 nitrogen and oxygen atoms in total. The van der Waals surface area contributed by atoms with Gasteiger partial charge in [0.15, 0.2) is 17.5 Å². The molecule has 1 fully saturated rings. The van der Waals surface area contributed by atoms with Crippen LogP contribution in [-0.4, -0.2) is 65.4 Å². The lowest BCUT2D eigenvalue weighted by atomic mass is 10.2. The second-order valence-corrected chi connectivity index (χ2v) is 7.00. The second-order valence-electron chi connectivity index (χ2n) is 7.00. The van der Waals surface area contributed by atoms with Gasteiger partial charge in [0.25, 0.3) is 0 Å². The van der Waals surface area contributed by atoms with Crippen molar-refractivity contribution < 1.29 is 14.2 Å². The van der Waals surface area contributed by atoms with Gasteiger partial charge in [0.1, 0.15) is 0 Å². The number of hydrogen-bond donors (Lipinski definition) is 2. The molecule has 28 heavy (non-hydrogen) atoms. The van der Waals surface area contributed by atoms with Crippen LogP contribution in [0.1, 0.15) is 37.7 Å². The number of nitrogens with one attached hydrogen (secondary N) is 2. The Kier molecular flexibility index (Phi) is 9.76. The van der Waals surface area contributed by atoms with E-state index < -0.39 is 0 Å². The molecule has 0 radical (unpaired) electrons. The minimum absolute atomic E-state index is 0.602. The monoisotopic (exact) mass is 392 g/mol. The molecule has 2 N–H and O–H groups in total. The predicted molar refractivity (Wildman–Crippen MR) is 114 cm³/mol. The minimum Gasteiger partial charge on any atom is -0.493 e. The molecule has 1 aromatic rings. The lowest BCUT2D eigenvalue weighted by molar-refractivity contribution is 0.282. The Balaban J connectivity index is 1.80. The van der Waals surface area contributed by atoms with E-state index in [2.05, 4.69) is 20.5 Å². The molecule has 0 spiro atoms. The van der Waals surface area contributed by atoms with Gasteiger partial charge in [-0.2, -0.15) is 0 Å². The summed E-state index contributed by atoms with van der Waals surface area (Å²) < 4.78 is 16.2. The highest BCUT2D eigenvalue weighted by atomic mass is 16.5. The van der Waals surface area contributed by atoms with Crippen molar-refractivity contribution in [2.24, 2.45) is 4.99 Å². The van der Waals surface area contributed by atoms with E-state index >= 15 is 0 Å². The first-order chi connectivity index (χ1) is 13.7. The molecule has 1 aliphatic heterocycles. The third kappa shape index (κ3) is 6.78. The quantitative estimate of drug-likeness (QED) is 0.383. The summed E-state index contributed by atoms with van der Waals surface area (Å²) in [5.41, 5.74) is 1.03. The number of aliphatic imine (C=N–C) groups is 1. The van der Waals surface area contributed by atoms with Gasteiger partial charge < -0.3 is 29.7 Å². The van der Waals surface area contributed by atoms with Gasteiger partial charge in [-0.15, -0.1) is 0 Å². The van der Waals surface area contributed by atoms with Crippen LogP contribution in [0.25, 0.3) is 0 Å². The van der Waals surface area contributed by atoms with Crippen molar-refractivity contribution in [2.75, 3.05) is 54.6 Å². The van der Waals surface area contributed by atoms with E-state index in [-0.39, 0.29) is 0 Å². The Hall–Kier alpha value is -2.15. The third-order valence-corrected chi connectivity index (χ3v) is 5.05. The van der Waals surface area contributed by atoms with Crippen molar-refractivity contribution in [3.05, 3.63) is 17.7 Å². The highest BCUT2D eigenvalue weighted by Crippen LogP contribution is 2.38. The van der Waals surface area contributed by atoms with E-state index in [9.17, 15) is 0 Å². The van der Waals surface area contributed by atoms with Crippen molar-refractivity contribution in [1.29, 1.82) is 0 Å². The summed E-state index contributed by atoms with van der Waals surface area (Å²) in [6.45, 7) is 5.16. The lowest BCUT2D eigenvalue weighted by Gasteiger charge is -2.20. The van der Waals surface area contributed by atoms with Gasteiger partial charge in [0.05, 0.1) is 21.3 Å². The number of methoxy groups -OCH3 is 3. The van der Waals surface area contributed by atoms with Crippen molar-refractivity contribution in [2.45, 2.75) is 38.6 Å². The molecule has 2 rings (SSSR count). The summed E-state index contributed by atoms with van der Waals surface area (Å²) in [6, 6.07) is 3.89. The zero-order chi connectivity index (χ0) is 20.2. The fraction of sp³-hybridized carbons (Fsp3) is 0.667. The molecule has 0 aromatic heterocycles. The van der Waals surface area contributed by atoms with Gasteiger partial charge in [0.2, 0.25) is 5.75 Å². The lowest BCUT2D eigenvalue weighted by Crippen LogP contribution is -2.38. The summed E-state index contributed by atoms with van der Waals surface area (Å²) in [6.07, 6.45) is 6.56. The molecule has 1 saturated heterocycles. The van der Waals surface area contributed by atoms with Crippen molar-refractivity contribution in [3.8, 4) is 17.2 Å². The maximum atomic E-state index is 5.42. The van der Waals surface area contributed by atoms with E-state index in [1.54, 1.807) is 28.4 Å². The van der Waals surface area contributed by atoms with Crippen LogP contribution in [0.15, 0.2) is 17.1 Å². The number of hydrogen-bond acceptors (Lipinski definition) is 5. The normalized spacial score (nSPS) is 15.6. The van der Waals surface area contributed by atoms with Crippen molar-refractivity contribution in [3.63, 3.8) is 0 Å². The molecule has 0 saturated carbocycles. The molecule has 0 amide bonds. The van der Waals surface area contributed by atoms with E-state index in [1.807, 2.05) is 12.1 Å². The maximum absolute atomic E-state index is 5.42. The molecule has 0 bridgehead atoms. The standard InChI is InChI=1S/C21H36N4O3/c1-22-21(23-10-9-13-25-11-7-5-6-8-12-25)24-16-17-14-18(26-2)20(28-4)19(15-17)27-3/h14-15H,5-13,16H2,1-4H3,(H2,22,23,24). The van der Waals surface area contributed by atoms with E-state index in [0.717, 1.165) is 31.0 Å². The number of rotatable bonds is 9. The van der Waals surface area contributed by atoms with Crippen molar-refractivity contribution >= 4 is 5.96 Å². The summed E-state index contributed by atoms with van der Waals surface area (Å²) >= 11 is 0. The zero-order valence-corrected chi connectivity index (χ0v) is 17.8. The first-order valence-corrected chi connectivity index (χ1v) is 10.2. The van der Waals surface area contributed by atoms with Gasteiger partial charge in [-0.3, -0.25) is 4.99 Å². The summed E-state index contributed by atoms with van der Waals surface area (Å²) in [4.78, 5) is 6.90. The average molecular weight is 393 g/mol. The van der Waals surface area contributed by atoms with Gasteiger partial charge in [-0.25, -0.2) is 0 Å². The predicted octanol–water partition coefficient (Wildman–Crippen LogP) is 2.64. The summed E-state index contributed by atoms with van der Waals surface area (Å²) in [7, 11) is 6.65. The SMILES string of the molecule is CN=C(NCCCN1CCCCCC1)NCc1cc(OC)c(OC)c(OC)c1. The van der Waals surface area contributed by atoms with Gasteiger partial charge in [-0.05, 0) is 56.6 Å². The first kappa shape index (κ1) is 22.1. The Labute approximate surface area is 169 Å². The number of ether oxygens (including phenoxy) is 3. The topological polar surface area (TPSA) is 67.4 Å². The number of nitrogens with zero attached hydrogens (tertiary/aromatic N) is 2. The van der Waals surface area contributed by atoms with Crippen molar-refractivity contribution in [1.82, 2.24) is 15.5 Å². The average Bonchev–Trinajstić information content (AvgIpc) is 3.01. The second kappa shape index (κ2) is 12.3. The molecular formula is C21H36N4O3. The smallest absolute Gasteiger partial charge is 0.203 e. The van der Waals surface area contributed by atoms with Crippen LogP contribution in [0, 0.1) is 0 Å². The van der Waals surface area contributed by atoms with Gasteiger partial charge in [-0.1, -0.05) is 12.8 Å². The highest BCUT2D eigenvalue weighted by Gasteiger charge is 2.13. The van der Waals surface area contributed by atoms with Gasteiger partial charge >= 0.3 is 0 Å². The van der Waals surface area contributed by atoms with Crippen LogP contribution >= 0.6 is 0 Å². The first-order valence-electron chi connectivity index (χ1n) is 10.2. The van der Waals surface area contributed by atoms with Crippen LogP contribution in [-0.2, 0) is 6.54 Å². The van der Waals surface area contributed by atoms with Crippen LogP contribution in [0.5, 0.6) is 17.2 Å². The van der Waals surface area contributed by atoms with E-state index in [4.69, 9.17) is 14.2 Å². The molecule has 0 atom stereocenters. The Bertz CT molecular complexity index is 589. The molecular weight excluding hydrogens is 356 g/mol. The van der Waals surface area contributed by atoms with Gasteiger partial charge in [0, 0.05) is 20.1 Å². The minimum atomic E-state index is 0.602. The van der Waals surface area contributed by atoms with Crippen LogP contribution in [0.4, 0.5) is 0 Å². The number of guanidine groups is 1. The third-order valence-electron chi connectivity index (χ3n) is 5.05. The van der Waals surface area contributed by atoms with E-state index in [1.165, 1.54) is 38.8 Å². The molecule has 7 heteroatoms. The summed E-state index contributed by atoms with van der Waals surface area (Å²) in [5, 5.41) is 6.75. The fourth-order valence-corrected chi connectivity index (χ4v) is 3.51. The number of likely N-dealkylation sites (tertiary alicyclic amines) is 1. The highest BCUT2D eigenvalue weighted by molar-refractivity contribution is 5.79. The fourth-order valence-electron chi connectivity index (χ4n) is 3.51. The van der Waals surface area contributed by atoms with E-state index in [0.29, 0.717) is 23.8 Å².